The lowest BCUT2D eigenvalue weighted by molar-refractivity contribution is -0.148. The van der Waals surface area contributed by atoms with Crippen LogP contribution < -0.4 is 5.73 Å². The Morgan fingerprint density at radius 3 is 2.45 bits per heavy atom. The van der Waals surface area contributed by atoms with Crippen molar-refractivity contribution in [1.82, 2.24) is 9.80 Å². The van der Waals surface area contributed by atoms with Gasteiger partial charge in [-0.05, 0) is 11.6 Å². The van der Waals surface area contributed by atoms with Crippen molar-refractivity contribution in [2.45, 2.75) is 6.04 Å². The summed E-state index contributed by atoms with van der Waals surface area (Å²) in [6.45, 7) is 2.85. The van der Waals surface area contributed by atoms with E-state index in [1.165, 1.54) is 7.11 Å². The molecule has 0 aliphatic carbocycles. The molecule has 0 spiro atoms. The van der Waals surface area contributed by atoms with Crippen molar-refractivity contribution in [1.29, 1.82) is 0 Å². The van der Waals surface area contributed by atoms with Crippen molar-refractivity contribution < 1.29 is 14.3 Å². The zero-order valence-corrected chi connectivity index (χ0v) is 13.3. The molecule has 1 amide bonds. The summed E-state index contributed by atoms with van der Waals surface area (Å²) in [6, 6.07) is 6.73. The quantitative estimate of drug-likeness (QED) is 0.805. The smallest absolute Gasteiger partial charge is 0.327 e. The molecule has 0 bridgehead atoms. The monoisotopic (exact) mass is 325 g/mol. The third kappa shape index (κ3) is 3.97. The van der Waals surface area contributed by atoms with Crippen LogP contribution in [0.25, 0.3) is 0 Å². The topological polar surface area (TPSA) is 75.9 Å². The van der Waals surface area contributed by atoms with Crippen LogP contribution in [0.2, 0.25) is 5.02 Å². The van der Waals surface area contributed by atoms with E-state index in [0.717, 1.165) is 5.56 Å². The average molecular weight is 326 g/mol. The minimum atomic E-state index is -0.533. The molecule has 22 heavy (non-hydrogen) atoms. The van der Waals surface area contributed by atoms with Gasteiger partial charge >= 0.3 is 5.97 Å². The highest BCUT2D eigenvalue weighted by atomic mass is 35.5. The molecule has 120 valence electrons. The summed E-state index contributed by atoms with van der Waals surface area (Å²) in [5, 5.41) is 0.539. The zero-order valence-electron chi connectivity index (χ0n) is 12.5. The minimum absolute atomic E-state index is 0.239. The molecule has 1 aliphatic rings. The normalized spacial score (nSPS) is 17.9. The van der Waals surface area contributed by atoms with Gasteiger partial charge in [-0.3, -0.25) is 14.6 Å². The number of rotatable bonds is 5. The Bertz CT molecular complexity index is 545. The van der Waals surface area contributed by atoms with Gasteiger partial charge in [0.15, 0.2) is 0 Å². The molecule has 6 nitrogen and oxygen atoms in total. The van der Waals surface area contributed by atoms with E-state index in [9.17, 15) is 9.59 Å². The molecule has 1 heterocycles. The number of esters is 1. The highest BCUT2D eigenvalue weighted by Crippen LogP contribution is 2.29. The molecule has 2 N–H and O–H groups in total. The fraction of sp³-hybridized carbons (Fsp3) is 0.467. The Kier molecular flexibility index (Phi) is 5.76. The van der Waals surface area contributed by atoms with Crippen molar-refractivity contribution in [3.05, 3.63) is 34.9 Å². The molecule has 1 aromatic rings. The van der Waals surface area contributed by atoms with Crippen LogP contribution >= 0.6 is 11.6 Å². The molecule has 0 aromatic heterocycles. The van der Waals surface area contributed by atoms with Crippen LogP contribution in [0.5, 0.6) is 0 Å². The zero-order chi connectivity index (χ0) is 16.1. The third-order valence-corrected chi connectivity index (χ3v) is 4.12. The Balaban J connectivity index is 2.13. The van der Waals surface area contributed by atoms with E-state index >= 15 is 0 Å². The number of benzene rings is 1. The Morgan fingerprint density at radius 1 is 1.27 bits per heavy atom. The minimum Gasteiger partial charge on any atom is -0.468 e. The van der Waals surface area contributed by atoms with Gasteiger partial charge < -0.3 is 10.5 Å². The largest absolute Gasteiger partial charge is 0.468 e. The summed E-state index contributed by atoms with van der Waals surface area (Å²) in [5.41, 5.74) is 5.95. The molecule has 2 rings (SSSR count). The summed E-state index contributed by atoms with van der Waals surface area (Å²) < 4.78 is 4.94. The van der Waals surface area contributed by atoms with Gasteiger partial charge in [0, 0.05) is 31.2 Å². The first kappa shape index (κ1) is 16.7. The van der Waals surface area contributed by atoms with E-state index in [1.54, 1.807) is 6.07 Å². The van der Waals surface area contributed by atoms with Gasteiger partial charge in [0.2, 0.25) is 5.91 Å². The predicted molar refractivity (Wildman–Crippen MR) is 83.4 cm³/mol. The number of carbonyl (C=O) groups is 2. The number of methoxy groups -OCH3 is 1. The van der Waals surface area contributed by atoms with Crippen molar-refractivity contribution in [3.63, 3.8) is 0 Å². The lowest BCUT2D eigenvalue weighted by Crippen LogP contribution is -2.51. The van der Waals surface area contributed by atoms with Crippen LogP contribution in [-0.4, -0.2) is 61.5 Å². The van der Waals surface area contributed by atoms with Gasteiger partial charge in [-0.1, -0.05) is 29.8 Å². The van der Waals surface area contributed by atoms with Crippen LogP contribution in [0, 0.1) is 0 Å². The van der Waals surface area contributed by atoms with E-state index < -0.39 is 6.04 Å². The first-order valence-corrected chi connectivity index (χ1v) is 7.47. The predicted octanol–water partition coefficient (Wildman–Crippen LogP) is 0.657. The maximum atomic E-state index is 12.2. The van der Waals surface area contributed by atoms with Crippen molar-refractivity contribution >= 4 is 23.5 Å². The number of carbonyl (C=O) groups excluding carboxylic acids is 2. The van der Waals surface area contributed by atoms with E-state index in [-0.39, 0.29) is 18.4 Å². The van der Waals surface area contributed by atoms with E-state index in [2.05, 4.69) is 0 Å². The Labute approximate surface area is 134 Å². The molecule has 0 radical (unpaired) electrons. The first-order valence-electron chi connectivity index (χ1n) is 7.10. The fourth-order valence-electron chi connectivity index (χ4n) is 2.68. The second-order valence-corrected chi connectivity index (χ2v) is 5.63. The van der Waals surface area contributed by atoms with Crippen molar-refractivity contribution in [3.8, 4) is 0 Å². The van der Waals surface area contributed by atoms with Gasteiger partial charge in [-0.25, -0.2) is 4.79 Å². The van der Waals surface area contributed by atoms with E-state index in [1.807, 2.05) is 28.0 Å². The average Bonchev–Trinajstić information content (AvgIpc) is 2.50. The Hall–Kier alpha value is -1.63. The van der Waals surface area contributed by atoms with Gasteiger partial charge in [-0.15, -0.1) is 0 Å². The summed E-state index contributed by atoms with van der Waals surface area (Å²) in [5.74, 6) is -0.680. The number of hydrogen-bond donors (Lipinski definition) is 1. The summed E-state index contributed by atoms with van der Waals surface area (Å²) in [4.78, 5) is 27.2. The molecule has 1 aromatic carbocycles. The van der Waals surface area contributed by atoms with Crippen LogP contribution in [0.15, 0.2) is 24.3 Å². The molecule has 7 heteroatoms. The molecular formula is C15H20ClN3O3. The fourth-order valence-corrected chi connectivity index (χ4v) is 2.92. The summed E-state index contributed by atoms with van der Waals surface area (Å²) >= 11 is 6.23. The number of halogens is 1. The van der Waals surface area contributed by atoms with Gasteiger partial charge in [0.05, 0.1) is 13.7 Å². The van der Waals surface area contributed by atoms with E-state index in [4.69, 9.17) is 22.1 Å². The van der Waals surface area contributed by atoms with Crippen LogP contribution in [0.1, 0.15) is 11.6 Å². The van der Waals surface area contributed by atoms with Gasteiger partial charge in [-0.2, -0.15) is 0 Å². The van der Waals surface area contributed by atoms with Crippen molar-refractivity contribution in [2.24, 2.45) is 5.73 Å². The molecule has 1 atom stereocenters. The van der Waals surface area contributed by atoms with Gasteiger partial charge in [0.25, 0.3) is 0 Å². The second kappa shape index (κ2) is 7.58. The molecular weight excluding hydrogens is 306 g/mol. The van der Waals surface area contributed by atoms with Crippen molar-refractivity contribution in [2.75, 3.05) is 39.8 Å². The highest BCUT2D eigenvalue weighted by Gasteiger charge is 2.32. The molecule has 1 aliphatic heterocycles. The van der Waals surface area contributed by atoms with Crippen LogP contribution in [-0.2, 0) is 14.3 Å². The molecule has 1 saturated heterocycles. The lowest BCUT2D eigenvalue weighted by Gasteiger charge is -2.38. The molecule has 1 fully saturated rings. The second-order valence-electron chi connectivity index (χ2n) is 5.23. The third-order valence-electron chi connectivity index (χ3n) is 3.78. The number of nitrogens with two attached hydrogens (primary N) is 1. The standard InChI is InChI=1S/C15H20ClN3O3/c1-22-15(21)14(11-4-2-3-5-12(11)16)19-8-6-18(7-9-19)10-13(17)20/h2-5,14H,6-10H2,1H3,(H2,17,20). The number of ether oxygens (including phenoxy) is 1. The molecule has 0 saturated carbocycles. The lowest BCUT2D eigenvalue weighted by atomic mass is 10.0. The number of piperazine rings is 1. The number of amides is 1. The van der Waals surface area contributed by atoms with Crippen LogP contribution in [0.4, 0.5) is 0 Å². The molecule has 1 unspecified atom stereocenters. The highest BCUT2D eigenvalue weighted by molar-refractivity contribution is 6.31. The summed E-state index contributed by atoms with van der Waals surface area (Å²) in [7, 11) is 1.37. The number of hydrogen-bond acceptors (Lipinski definition) is 5. The number of nitrogens with zero attached hydrogens (tertiary/aromatic N) is 2. The first-order chi connectivity index (χ1) is 10.5. The SMILES string of the molecule is COC(=O)C(c1ccccc1Cl)N1CCN(CC(N)=O)CC1. The Morgan fingerprint density at radius 2 is 1.91 bits per heavy atom. The van der Waals surface area contributed by atoms with E-state index in [0.29, 0.717) is 31.2 Å². The number of primary amides is 1. The summed E-state index contributed by atoms with van der Waals surface area (Å²) in [6.07, 6.45) is 0. The van der Waals surface area contributed by atoms with Crippen LogP contribution in [0.3, 0.4) is 0 Å². The maximum Gasteiger partial charge on any atom is 0.327 e. The maximum absolute atomic E-state index is 12.2. The van der Waals surface area contributed by atoms with Gasteiger partial charge in [0.1, 0.15) is 6.04 Å².